The monoisotopic (exact) mass is 333 g/mol. The second-order valence-corrected chi connectivity index (χ2v) is 6.07. The summed E-state index contributed by atoms with van der Waals surface area (Å²) in [6.45, 7) is 2.91. The van der Waals surface area contributed by atoms with Crippen molar-refractivity contribution in [3.8, 4) is 5.75 Å². The minimum atomic E-state index is -0.245. The molecule has 5 heteroatoms. The van der Waals surface area contributed by atoms with Crippen molar-refractivity contribution in [2.75, 3.05) is 18.9 Å². The van der Waals surface area contributed by atoms with Crippen LogP contribution in [0.5, 0.6) is 5.75 Å². The number of nitrogens with one attached hydrogen (secondary N) is 1. The minimum absolute atomic E-state index is 0.0227. The highest BCUT2D eigenvalue weighted by atomic mass is 32.2. The van der Waals surface area contributed by atoms with Crippen molar-refractivity contribution in [3.63, 3.8) is 0 Å². The van der Waals surface area contributed by atoms with Gasteiger partial charge in [0.05, 0.1) is 12.3 Å². The van der Waals surface area contributed by atoms with Crippen LogP contribution >= 0.6 is 11.8 Å². The van der Waals surface area contributed by atoms with E-state index in [1.165, 1.54) is 23.9 Å². The van der Waals surface area contributed by atoms with E-state index in [0.717, 1.165) is 16.9 Å². The fraction of sp³-hybridized carbons (Fsp3) is 0.278. The fourth-order valence-corrected chi connectivity index (χ4v) is 2.78. The van der Waals surface area contributed by atoms with Crippen molar-refractivity contribution < 1.29 is 13.9 Å². The lowest BCUT2D eigenvalue weighted by molar-refractivity contribution is -0.118. The number of amides is 1. The van der Waals surface area contributed by atoms with Gasteiger partial charge < -0.3 is 10.1 Å². The normalized spacial score (nSPS) is 10.3. The van der Waals surface area contributed by atoms with Gasteiger partial charge in [-0.2, -0.15) is 0 Å². The van der Waals surface area contributed by atoms with Gasteiger partial charge in [-0.1, -0.05) is 30.3 Å². The molecule has 0 aliphatic heterocycles. The van der Waals surface area contributed by atoms with Gasteiger partial charge >= 0.3 is 0 Å². The lowest BCUT2D eigenvalue weighted by Gasteiger charge is -2.09. The maximum atomic E-state index is 12.8. The summed E-state index contributed by atoms with van der Waals surface area (Å²) in [4.78, 5) is 11.7. The Labute approximate surface area is 140 Å². The Kier molecular flexibility index (Phi) is 6.94. The molecule has 0 saturated heterocycles. The highest BCUT2D eigenvalue weighted by Gasteiger charge is 2.03. The van der Waals surface area contributed by atoms with Crippen molar-refractivity contribution in [3.05, 3.63) is 65.5 Å². The number of hydrogen-bond donors (Lipinski definition) is 1. The first-order valence-electron chi connectivity index (χ1n) is 7.42. The summed E-state index contributed by atoms with van der Waals surface area (Å²) >= 11 is 1.50. The van der Waals surface area contributed by atoms with Crippen molar-refractivity contribution in [2.45, 2.75) is 12.7 Å². The molecule has 3 nitrogen and oxygen atoms in total. The van der Waals surface area contributed by atoms with E-state index in [2.05, 4.69) is 5.32 Å². The molecule has 0 heterocycles. The summed E-state index contributed by atoms with van der Waals surface area (Å²) in [6, 6.07) is 14.1. The quantitative estimate of drug-likeness (QED) is 0.751. The molecule has 2 aromatic rings. The standard InChI is InChI=1S/C18H20FNO2S/c1-14-4-2-3-5-17(14)22-11-10-20-18(21)13-23-12-15-6-8-16(19)9-7-15/h2-9H,10-13H2,1H3,(H,20,21). The first-order chi connectivity index (χ1) is 11.1. The molecule has 23 heavy (non-hydrogen) atoms. The van der Waals surface area contributed by atoms with Crippen LogP contribution in [0.3, 0.4) is 0 Å². The van der Waals surface area contributed by atoms with Crippen LogP contribution in [0.1, 0.15) is 11.1 Å². The van der Waals surface area contributed by atoms with Crippen LogP contribution < -0.4 is 10.1 Å². The van der Waals surface area contributed by atoms with Crippen LogP contribution in [0, 0.1) is 12.7 Å². The SMILES string of the molecule is Cc1ccccc1OCCNC(=O)CSCc1ccc(F)cc1. The Bertz CT molecular complexity index is 631. The molecular formula is C18H20FNO2S. The number of carbonyl (C=O) groups is 1. The Morgan fingerprint density at radius 1 is 1.17 bits per heavy atom. The van der Waals surface area contributed by atoms with Gasteiger partial charge in [0.1, 0.15) is 18.2 Å². The zero-order chi connectivity index (χ0) is 16.5. The molecule has 0 saturated carbocycles. The molecule has 1 N–H and O–H groups in total. The number of thioether (sulfide) groups is 1. The number of benzene rings is 2. The highest BCUT2D eigenvalue weighted by Crippen LogP contribution is 2.15. The largest absolute Gasteiger partial charge is 0.491 e. The van der Waals surface area contributed by atoms with E-state index in [1.54, 1.807) is 12.1 Å². The Morgan fingerprint density at radius 3 is 2.65 bits per heavy atom. The molecule has 0 bridgehead atoms. The van der Waals surface area contributed by atoms with Gasteiger partial charge in [0.25, 0.3) is 0 Å². The van der Waals surface area contributed by atoms with E-state index in [0.29, 0.717) is 24.7 Å². The third-order valence-corrected chi connectivity index (χ3v) is 4.19. The second-order valence-electron chi connectivity index (χ2n) is 5.08. The van der Waals surface area contributed by atoms with E-state index in [-0.39, 0.29) is 11.7 Å². The molecular weight excluding hydrogens is 313 g/mol. The first-order valence-corrected chi connectivity index (χ1v) is 8.58. The number of halogens is 1. The zero-order valence-electron chi connectivity index (χ0n) is 13.0. The van der Waals surface area contributed by atoms with E-state index in [9.17, 15) is 9.18 Å². The molecule has 1 amide bonds. The van der Waals surface area contributed by atoms with E-state index < -0.39 is 0 Å². The molecule has 0 aliphatic carbocycles. The highest BCUT2D eigenvalue weighted by molar-refractivity contribution is 7.99. The predicted molar refractivity (Wildman–Crippen MR) is 92.2 cm³/mol. The topological polar surface area (TPSA) is 38.3 Å². The summed E-state index contributed by atoms with van der Waals surface area (Å²) in [6.07, 6.45) is 0. The molecule has 0 fully saturated rings. The van der Waals surface area contributed by atoms with Crippen LogP contribution in [0.4, 0.5) is 4.39 Å². The molecule has 0 spiro atoms. The minimum Gasteiger partial charge on any atom is -0.491 e. The van der Waals surface area contributed by atoms with E-state index in [4.69, 9.17) is 4.74 Å². The van der Waals surface area contributed by atoms with Crippen molar-refractivity contribution >= 4 is 17.7 Å². The smallest absolute Gasteiger partial charge is 0.230 e. The first kappa shape index (κ1) is 17.3. The predicted octanol–water partition coefficient (Wildman–Crippen LogP) is 3.56. The molecule has 2 aromatic carbocycles. The fourth-order valence-electron chi connectivity index (χ4n) is 1.96. The molecule has 0 aromatic heterocycles. The van der Waals surface area contributed by atoms with Crippen LogP contribution in [0.25, 0.3) is 0 Å². The van der Waals surface area contributed by atoms with Gasteiger partial charge in [-0.05, 0) is 36.2 Å². The van der Waals surface area contributed by atoms with E-state index >= 15 is 0 Å². The maximum absolute atomic E-state index is 12.8. The molecule has 0 aliphatic rings. The average Bonchev–Trinajstić information content (AvgIpc) is 2.55. The lowest BCUT2D eigenvalue weighted by atomic mass is 10.2. The zero-order valence-corrected chi connectivity index (χ0v) is 13.9. The van der Waals surface area contributed by atoms with Crippen LogP contribution in [0.15, 0.2) is 48.5 Å². The third-order valence-electron chi connectivity index (χ3n) is 3.19. The van der Waals surface area contributed by atoms with Crippen molar-refractivity contribution in [1.29, 1.82) is 0 Å². The number of hydrogen-bond acceptors (Lipinski definition) is 3. The van der Waals surface area contributed by atoms with Gasteiger partial charge in [-0.15, -0.1) is 11.8 Å². The van der Waals surface area contributed by atoms with Gasteiger partial charge in [0.15, 0.2) is 0 Å². The number of ether oxygens (including phenoxy) is 1. The molecule has 2 rings (SSSR count). The van der Waals surface area contributed by atoms with E-state index in [1.807, 2.05) is 31.2 Å². The Morgan fingerprint density at radius 2 is 1.91 bits per heavy atom. The summed E-state index contributed by atoms with van der Waals surface area (Å²) < 4.78 is 18.4. The molecule has 0 unspecified atom stereocenters. The summed E-state index contributed by atoms with van der Waals surface area (Å²) in [5.41, 5.74) is 2.08. The van der Waals surface area contributed by atoms with Gasteiger partial charge in [-0.3, -0.25) is 4.79 Å². The van der Waals surface area contributed by atoms with Crippen molar-refractivity contribution in [1.82, 2.24) is 5.32 Å². The molecule has 0 atom stereocenters. The number of aryl methyl sites for hydroxylation is 1. The Hall–Kier alpha value is -2.01. The van der Waals surface area contributed by atoms with Crippen LogP contribution in [0.2, 0.25) is 0 Å². The number of carbonyl (C=O) groups excluding carboxylic acids is 1. The lowest BCUT2D eigenvalue weighted by Crippen LogP contribution is -2.29. The second kappa shape index (κ2) is 9.20. The summed E-state index contributed by atoms with van der Waals surface area (Å²) in [5, 5.41) is 2.82. The number of rotatable bonds is 8. The molecule has 122 valence electrons. The number of para-hydroxylation sites is 1. The summed E-state index contributed by atoms with van der Waals surface area (Å²) in [7, 11) is 0. The van der Waals surface area contributed by atoms with Crippen LogP contribution in [-0.2, 0) is 10.5 Å². The summed E-state index contributed by atoms with van der Waals surface area (Å²) in [5.74, 6) is 1.64. The van der Waals surface area contributed by atoms with Crippen molar-refractivity contribution in [2.24, 2.45) is 0 Å². The van der Waals surface area contributed by atoms with Gasteiger partial charge in [-0.25, -0.2) is 4.39 Å². The van der Waals surface area contributed by atoms with Gasteiger partial charge in [0, 0.05) is 5.75 Å². The maximum Gasteiger partial charge on any atom is 0.230 e. The van der Waals surface area contributed by atoms with Gasteiger partial charge in [0.2, 0.25) is 5.91 Å². The average molecular weight is 333 g/mol. The Balaban J connectivity index is 1.58. The third kappa shape index (κ3) is 6.32. The molecule has 0 radical (unpaired) electrons. The van der Waals surface area contributed by atoms with Crippen LogP contribution in [-0.4, -0.2) is 24.8 Å².